The van der Waals surface area contributed by atoms with Crippen molar-refractivity contribution in [3.05, 3.63) is 63.1 Å². The number of ether oxygens (including phenoxy) is 1. The monoisotopic (exact) mass is 409 g/mol. The highest BCUT2D eigenvalue weighted by Crippen LogP contribution is 2.28. The third-order valence-electron chi connectivity index (χ3n) is 4.65. The fraction of sp³-hybridized carbons (Fsp3) is 0.238. The number of nitrogens with zero attached hydrogens (tertiary/aromatic N) is 2. The zero-order chi connectivity index (χ0) is 20.7. The van der Waals surface area contributed by atoms with Gasteiger partial charge in [-0.3, -0.25) is 14.2 Å². The lowest BCUT2D eigenvalue weighted by atomic mass is 10.1. The SMILES string of the molecule is Cc1c(C(=O)OC(C)C)sc2ncn(CC(=O)c3c[nH]c4ccccc34)c(=O)c12. The Morgan fingerprint density at radius 2 is 2.03 bits per heavy atom. The number of aromatic nitrogens is 3. The lowest BCUT2D eigenvalue weighted by molar-refractivity contribution is 0.0383. The molecular formula is C21H19N3O4S. The number of Topliss-reactive ketones (excluding diaryl/α,β-unsaturated/α-hetero) is 1. The predicted octanol–water partition coefficient (Wildman–Crippen LogP) is 3.70. The van der Waals surface area contributed by atoms with Gasteiger partial charge in [-0.1, -0.05) is 18.2 Å². The number of hydrogen-bond donors (Lipinski definition) is 1. The molecule has 0 radical (unpaired) electrons. The van der Waals surface area contributed by atoms with Gasteiger partial charge in [-0.15, -0.1) is 11.3 Å². The van der Waals surface area contributed by atoms with Gasteiger partial charge in [-0.25, -0.2) is 9.78 Å². The molecule has 0 aliphatic rings. The summed E-state index contributed by atoms with van der Waals surface area (Å²) in [6, 6.07) is 7.49. The number of nitrogens with one attached hydrogen (secondary N) is 1. The Morgan fingerprint density at radius 3 is 2.79 bits per heavy atom. The fourth-order valence-electron chi connectivity index (χ4n) is 3.28. The molecule has 0 fully saturated rings. The van der Waals surface area contributed by atoms with Gasteiger partial charge in [0.15, 0.2) is 5.78 Å². The summed E-state index contributed by atoms with van der Waals surface area (Å²) >= 11 is 1.13. The van der Waals surface area contributed by atoms with Crippen LogP contribution in [0.3, 0.4) is 0 Å². The summed E-state index contributed by atoms with van der Waals surface area (Å²) in [5.74, 6) is -0.667. The van der Waals surface area contributed by atoms with Crippen LogP contribution in [0, 0.1) is 6.92 Å². The topological polar surface area (TPSA) is 94.0 Å². The lowest BCUT2D eigenvalue weighted by Gasteiger charge is -2.06. The molecule has 0 aliphatic carbocycles. The second kappa shape index (κ2) is 7.29. The third-order valence-corrected chi connectivity index (χ3v) is 5.83. The molecule has 7 nitrogen and oxygen atoms in total. The molecule has 3 heterocycles. The van der Waals surface area contributed by atoms with Crippen molar-refractivity contribution in [1.82, 2.24) is 14.5 Å². The van der Waals surface area contributed by atoms with E-state index in [4.69, 9.17) is 4.74 Å². The van der Waals surface area contributed by atoms with Crippen LogP contribution in [0.5, 0.6) is 0 Å². The number of thiophene rings is 1. The van der Waals surface area contributed by atoms with E-state index in [-0.39, 0.29) is 24.0 Å². The summed E-state index contributed by atoms with van der Waals surface area (Å²) in [5.41, 5.74) is 1.57. The smallest absolute Gasteiger partial charge is 0.348 e. The molecule has 0 unspecified atom stereocenters. The number of fused-ring (bicyclic) bond motifs is 2. The van der Waals surface area contributed by atoms with Crippen molar-refractivity contribution in [2.45, 2.75) is 33.4 Å². The molecule has 1 aromatic carbocycles. The Hall–Kier alpha value is -3.26. The number of H-pyrrole nitrogens is 1. The summed E-state index contributed by atoms with van der Waals surface area (Å²) in [4.78, 5) is 46.3. The molecule has 148 valence electrons. The van der Waals surface area contributed by atoms with E-state index in [0.29, 0.717) is 26.2 Å². The highest BCUT2D eigenvalue weighted by atomic mass is 32.1. The van der Waals surface area contributed by atoms with Gasteiger partial charge in [-0.05, 0) is 32.4 Å². The van der Waals surface area contributed by atoms with Gasteiger partial charge in [-0.2, -0.15) is 0 Å². The van der Waals surface area contributed by atoms with Crippen LogP contribution in [0.15, 0.2) is 41.6 Å². The molecule has 0 aliphatic heterocycles. The van der Waals surface area contributed by atoms with Gasteiger partial charge in [0.1, 0.15) is 9.71 Å². The number of carbonyl (C=O) groups is 2. The summed E-state index contributed by atoms with van der Waals surface area (Å²) in [7, 11) is 0. The van der Waals surface area contributed by atoms with E-state index in [1.165, 1.54) is 10.9 Å². The minimum atomic E-state index is -0.471. The van der Waals surface area contributed by atoms with E-state index in [1.54, 1.807) is 27.0 Å². The molecule has 0 spiro atoms. The Bertz CT molecular complexity index is 1310. The summed E-state index contributed by atoms with van der Waals surface area (Å²) < 4.78 is 6.53. The molecule has 0 atom stereocenters. The summed E-state index contributed by atoms with van der Waals surface area (Å²) in [6.45, 7) is 5.10. The van der Waals surface area contributed by atoms with Gasteiger partial charge < -0.3 is 9.72 Å². The standard InChI is InChI=1S/C21H19N3O4S/c1-11(2)28-21(27)18-12(3)17-19(29-18)23-10-24(20(17)26)9-16(25)14-8-22-15-7-5-4-6-13(14)15/h4-8,10-11,22H,9H2,1-3H3. The van der Waals surface area contributed by atoms with Crippen LogP contribution >= 0.6 is 11.3 Å². The van der Waals surface area contributed by atoms with Gasteiger partial charge in [0.2, 0.25) is 0 Å². The highest BCUT2D eigenvalue weighted by molar-refractivity contribution is 7.20. The Morgan fingerprint density at radius 1 is 1.28 bits per heavy atom. The number of aryl methyl sites for hydroxylation is 1. The van der Waals surface area contributed by atoms with E-state index >= 15 is 0 Å². The third kappa shape index (κ3) is 3.36. The van der Waals surface area contributed by atoms with Crippen LogP contribution in [0.25, 0.3) is 21.1 Å². The number of esters is 1. The largest absolute Gasteiger partial charge is 0.459 e. The molecule has 4 aromatic rings. The van der Waals surface area contributed by atoms with Gasteiger partial charge >= 0.3 is 5.97 Å². The molecule has 0 bridgehead atoms. The number of hydrogen-bond acceptors (Lipinski definition) is 6. The maximum absolute atomic E-state index is 13.0. The number of para-hydroxylation sites is 1. The first kappa shape index (κ1) is 19.1. The van der Waals surface area contributed by atoms with Crippen molar-refractivity contribution in [1.29, 1.82) is 0 Å². The second-order valence-corrected chi connectivity index (χ2v) is 8.04. The van der Waals surface area contributed by atoms with E-state index < -0.39 is 5.97 Å². The zero-order valence-electron chi connectivity index (χ0n) is 16.2. The van der Waals surface area contributed by atoms with Crippen molar-refractivity contribution >= 4 is 44.2 Å². The average Bonchev–Trinajstić information content (AvgIpc) is 3.25. The molecule has 0 saturated carbocycles. The molecule has 0 amide bonds. The Labute approximate surface area is 170 Å². The number of ketones is 1. The van der Waals surface area contributed by atoms with Crippen molar-refractivity contribution < 1.29 is 14.3 Å². The molecular weight excluding hydrogens is 390 g/mol. The molecule has 3 aromatic heterocycles. The second-order valence-electron chi connectivity index (χ2n) is 7.04. The quantitative estimate of drug-likeness (QED) is 0.401. The van der Waals surface area contributed by atoms with E-state index in [2.05, 4.69) is 9.97 Å². The molecule has 4 rings (SSSR count). The number of rotatable bonds is 5. The number of carbonyl (C=O) groups excluding carboxylic acids is 2. The fourth-order valence-corrected chi connectivity index (χ4v) is 4.30. The van der Waals surface area contributed by atoms with E-state index in [0.717, 1.165) is 22.2 Å². The van der Waals surface area contributed by atoms with Crippen LogP contribution in [-0.2, 0) is 11.3 Å². The minimum Gasteiger partial charge on any atom is -0.459 e. The number of aromatic amines is 1. The van der Waals surface area contributed by atoms with Crippen molar-refractivity contribution in [2.24, 2.45) is 0 Å². The maximum Gasteiger partial charge on any atom is 0.348 e. The molecule has 29 heavy (non-hydrogen) atoms. The van der Waals surface area contributed by atoms with Crippen LogP contribution in [0.4, 0.5) is 0 Å². The van der Waals surface area contributed by atoms with Gasteiger partial charge in [0.25, 0.3) is 5.56 Å². The van der Waals surface area contributed by atoms with Crippen molar-refractivity contribution in [2.75, 3.05) is 0 Å². The average molecular weight is 409 g/mol. The van der Waals surface area contributed by atoms with Crippen molar-refractivity contribution in [3.63, 3.8) is 0 Å². The van der Waals surface area contributed by atoms with Crippen LogP contribution in [0.2, 0.25) is 0 Å². The first-order valence-electron chi connectivity index (χ1n) is 9.15. The summed E-state index contributed by atoms with van der Waals surface area (Å²) in [5, 5.41) is 1.16. The highest BCUT2D eigenvalue weighted by Gasteiger charge is 2.22. The molecule has 8 heteroatoms. The number of benzene rings is 1. The van der Waals surface area contributed by atoms with Gasteiger partial charge in [0, 0.05) is 22.7 Å². The lowest BCUT2D eigenvalue weighted by Crippen LogP contribution is -2.24. The van der Waals surface area contributed by atoms with Crippen LogP contribution in [0.1, 0.15) is 39.4 Å². The zero-order valence-corrected chi connectivity index (χ0v) is 17.0. The van der Waals surface area contributed by atoms with E-state index in [9.17, 15) is 14.4 Å². The van der Waals surface area contributed by atoms with Crippen LogP contribution < -0.4 is 5.56 Å². The van der Waals surface area contributed by atoms with E-state index in [1.807, 2.05) is 24.3 Å². The minimum absolute atomic E-state index is 0.134. The first-order chi connectivity index (χ1) is 13.9. The van der Waals surface area contributed by atoms with Gasteiger partial charge in [0.05, 0.1) is 24.4 Å². The molecule has 0 saturated heterocycles. The predicted molar refractivity (Wildman–Crippen MR) is 112 cm³/mol. The van der Waals surface area contributed by atoms with Crippen LogP contribution in [-0.4, -0.2) is 32.4 Å². The first-order valence-corrected chi connectivity index (χ1v) is 9.97. The molecule has 1 N–H and O–H groups in total. The Kier molecular flexibility index (Phi) is 4.79. The Balaban J connectivity index is 1.71. The normalized spacial score (nSPS) is 11.4. The van der Waals surface area contributed by atoms with Crippen molar-refractivity contribution in [3.8, 4) is 0 Å². The maximum atomic E-state index is 13.0. The summed E-state index contributed by atoms with van der Waals surface area (Å²) in [6.07, 6.45) is 2.75.